The van der Waals surface area contributed by atoms with Crippen LogP contribution in [0.1, 0.15) is 30.4 Å². The highest BCUT2D eigenvalue weighted by Crippen LogP contribution is 2.39. The van der Waals surface area contributed by atoms with Crippen LogP contribution in [-0.2, 0) is 31.2 Å². The average molecular weight is 400 g/mol. The van der Waals surface area contributed by atoms with Crippen molar-refractivity contribution in [2.75, 3.05) is 18.8 Å². The summed E-state index contributed by atoms with van der Waals surface area (Å²) in [5.74, 6) is -0.197. The molecule has 6 nitrogen and oxygen atoms in total. The molecule has 0 aromatic heterocycles. The van der Waals surface area contributed by atoms with Crippen LogP contribution in [0, 0.1) is 12.8 Å². The summed E-state index contributed by atoms with van der Waals surface area (Å²) < 4.78 is 57.6. The topological polar surface area (TPSA) is 80.8 Å². The van der Waals surface area contributed by atoms with Gasteiger partial charge in [-0.2, -0.15) is 4.31 Å². The van der Waals surface area contributed by atoms with E-state index in [1.54, 1.807) is 0 Å². The van der Waals surface area contributed by atoms with Crippen LogP contribution in [0.2, 0.25) is 0 Å². The van der Waals surface area contributed by atoms with Crippen LogP contribution in [0.4, 0.5) is 0 Å². The monoisotopic (exact) mass is 399 g/mol. The predicted molar refractivity (Wildman–Crippen MR) is 99.0 cm³/mol. The van der Waals surface area contributed by atoms with Gasteiger partial charge in [0.1, 0.15) is 0 Å². The van der Waals surface area contributed by atoms with Gasteiger partial charge in [-0.25, -0.2) is 16.8 Å². The van der Waals surface area contributed by atoms with Gasteiger partial charge < -0.3 is 4.74 Å². The minimum atomic E-state index is -3.36. The molecule has 3 fully saturated rings. The smallest absolute Gasteiger partial charge is 0.217 e. The molecule has 0 amide bonds. The Hall–Kier alpha value is -0.960. The zero-order chi connectivity index (χ0) is 18.5. The molecule has 3 aliphatic rings. The molecule has 8 heteroatoms. The van der Waals surface area contributed by atoms with Gasteiger partial charge in [0, 0.05) is 19.0 Å². The molecule has 0 bridgehead atoms. The molecule has 1 aliphatic carbocycles. The number of hydrogen-bond donors (Lipinski definition) is 0. The normalized spacial score (nSPS) is 31.7. The van der Waals surface area contributed by atoms with E-state index in [0.29, 0.717) is 25.9 Å². The van der Waals surface area contributed by atoms with E-state index in [0.717, 1.165) is 5.56 Å². The molecule has 0 unspecified atom stereocenters. The van der Waals surface area contributed by atoms with Gasteiger partial charge in [-0.15, -0.1) is 0 Å². The standard InChI is InChI=1S/C18H25NO5S2/c1-13-2-4-14(5-3-13)12-24-17-8-9-25(20,21)18-11-19(10-16(17)18)26(22,23)15-6-7-15/h2-5,15-18H,6-12H2,1H3/t16-,17+,18-/m0/s1. The zero-order valence-corrected chi connectivity index (χ0v) is 16.5. The Balaban J connectivity index is 1.49. The van der Waals surface area contributed by atoms with Crippen molar-refractivity contribution >= 4 is 19.9 Å². The van der Waals surface area contributed by atoms with Gasteiger partial charge >= 0.3 is 0 Å². The maximum absolute atomic E-state index is 12.6. The van der Waals surface area contributed by atoms with Crippen LogP contribution in [0.15, 0.2) is 24.3 Å². The Morgan fingerprint density at radius 1 is 1.12 bits per heavy atom. The van der Waals surface area contributed by atoms with Gasteiger partial charge in [-0.05, 0) is 31.7 Å². The Bertz CT molecular complexity index is 875. The van der Waals surface area contributed by atoms with E-state index in [9.17, 15) is 16.8 Å². The third kappa shape index (κ3) is 3.44. The summed E-state index contributed by atoms with van der Waals surface area (Å²) in [7, 11) is -6.62. The molecule has 3 atom stereocenters. The van der Waals surface area contributed by atoms with Crippen molar-refractivity contribution in [1.29, 1.82) is 0 Å². The molecule has 4 rings (SSSR count). The molecule has 26 heavy (non-hydrogen) atoms. The number of sulfonamides is 1. The predicted octanol–water partition coefficient (Wildman–Crippen LogP) is 1.49. The maximum Gasteiger partial charge on any atom is 0.217 e. The van der Waals surface area contributed by atoms with Crippen molar-refractivity contribution in [3.63, 3.8) is 0 Å². The fraction of sp³-hybridized carbons (Fsp3) is 0.667. The fourth-order valence-electron chi connectivity index (χ4n) is 4.03. The van der Waals surface area contributed by atoms with Gasteiger partial charge in [0.2, 0.25) is 10.0 Å². The first-order valence-corrected chi connectivity index (χ1v) is 12.4. The number of sulfone groups is 1. The van der Waals surface area contributed by atoms with Crippen LogP contribution < -0.4 is 0 Å². The number of nitrogens with zero attached hydrogens (tertiary/aromatic N) is 1. The van der Waals surface area contributed by atoms with Crippen LogP contribution in [0.5, 0.6) is 0 Å². The second-order valence-electron chi connectivity index (χ2n) is 7.75. The van der Waals surface area contributed by atoms with E-state index in [-0.39, 0.29) is 36.1 Å². The van der Waals surface area contributed by atoms with E-state index in [4.69, 9.17) is 4.74 Å². The molecular formula is C18H25NO5S2. The summed E-state index contributed by atoms with van der Waals surface area (Å²) >= 11 is 0. The summed E-state index contributed by atoms with van der Waals surface area (Å²) in [6.07, 6.45) is 1.60. The summed E-state index contributed by atoms with van der Waals surface area (Å²) in [5.41, 5.74) is 2.22. The quantitative estimate of drug-likeness (QED) is 0.749. The molecule has 1 saturated carbocycles. The summed E-state index contributed by atoms with van der Waals surface area (Å²) in [5, 5.41) is -0.940. The highest BCUT2D eigenvalue weighted by atomic mass is 32.2. The van der Waals surface area contributed by atoms with E-state index in [2.05, 4.69) is 0 Å². The summed E-state index contributed by atoms with van der Waals surface area (Å²) in [4.78, 5) is 0. The lowest BCUT2D eigenvalue weighted by molar-refractivity contribution is 0.000674. The molecule has 2 saturated heterocycles. The van der Waals surface area contributed by atoms with Crippen LogP contribution in [-0.4, -0.2) is 56.6 Å². The van der Waals surface area contributed by atoms with E-state index >= 15 is 0 Å². The third-order valence-electron chi connectivity index (χ3n) is 5.79. The fourth-order valence-corrected chi connectivity index (χ4v) is 8.09. The first-order valence-electron chi connectivity index (χ1n) is 9.15. The lowest BCUT2D eigenvalue weighted by Crippen LogP contribution is -2.44. The lowest BCUT2D eigenvalue weighted by atomic mass is 9.98. The molecule has 1 aromatic rings. The molecule has 0 N–H and O–H groups in total. The van der Waals surface area contributed by atoms with E-state index in [1.165, 1.54) is 9.87 Å². The Morgan fingerprint density at radius 3 is 2.46 bits per heavy atom. The van der Waals surface area contributed by atoms with Gasteiger partial charge in [-0.3, -0.25) is 0 Å². The summed E-state index contributed by atoms with van der Waals surface area (Å²) in [6, 6.07) is 8.05. The minimum Gasteiger partial charge on any atom is -0.373 e. The number of aryl methyl sites for hydroxylation is 1. The van der Waals surface area contributed by atoms with Crippen molar-refractivity contribution in [2.24, 2.45) is 5.92 Å². The SMILES string of the molecule is Cc1ccc(CO[C@@H]2CCS(=O)(=O)[C@H]3CN(S(=O)(=O)C4CC4)C[C@@H]23)cc1. The maximum atomic E-state index is 12.6. The van der Waals surface area contributed by atoms with Crippen molar-refractivity contribution in [3.8, 4) is 0 Å². The van der Waals surface area contributed by atoms with Crippen LogP contribution >= 0.6 is 0 Å². The summed E-state index contributed by atoms with van der Waals surface area (Å²) in [6.45, 7) is 2.80. The number of hydrogen-bond acceptors (Lipinski definition) is 5. The third-order valence-corrected chi connectivity index (χ3v) is 10.3. The molecule has 0 spiro atoms. The van der Waals surface area contributed by atoms with Gasteiger partial charge in [0.05, 0.1) is 29.0 Å². The molecule has 2 aliphatic heterocycles. The van der Waals surface area contributed by atoms with Crippen LogP contribution in [0.25, 0.3) is 0 Å². The van der Waals surface area contributed by atoms with Crippen molar-refractivity contribution in [1.82, 2.24) is 4.31 Å². The van der Waals surface area contributed by atoms with Crippen molar-refractivity contribution in [2.45, 2.75) is 49.4 Å². The van der Waals surface area contributed by atoms with Crippen molar-refractivity contribution in [3.05, 3.63) is 35.4 Å². The second kappa shape index (κ2) is 6.58. The van der Waals surface area contributed by atoms with Gasteiger partial charge in [0.25, 0.3) is 0 Å². The Labute approximate surface area is 155 Å². The van der Waals surface area contributed by atoms with Gasteiger partial charge in [0.15, 0.2) is 9.84 Å². The molecule has 1 aromatic carbocycles. The highest BCUT2D eigenvalue weighted by molar-refractivity contribution is 7.92. The number of fused-ring (bicyclic) bond motifs is 1. The van der Waals surface area contributed by atoms with Crippen LogP contribution in [0.3, 0.4) is 0 Å². The molecule has 0 radical (unpaired) electrons. The van der Waals surface area contributed by atoms with E-state index < -0.39 is 25.1 Å². The number of rotatable bonds is 5. The largest absolute Gasteiger partial charge is 0.373 e. The van der Waals surface area contributed by atoms with Crippen molar-refractivity contribution < 1.29 is 21.6 Å². The number of benzene rings is 1. The highest BCUT2D eigenvalue weighted by Gasteiger charge is 2.53. The molecule has 2 heterocycles. The minimum absolute atomic E-state index is 0.0735. The molecule has 144 valence electrons. The molecular weight excluding hydrogens is 374 g/mol. The first kappa shape index (κ1) is 18.4. The first-order chi connectivity index (χ1) is 12.3. The zero-order valence-electron chi connectivity index (χ0n) is 14.9. The van der Waals surface area contributed by atoms with E-state index in [1.807, 2.05) is 31.2 Å². The number of ether oxygens (including phenoxy) is 1. The average Bonchev–Trinajstić information content (AvgIpc) is 3.35. The second-order valence-corrected chi connectivity index (χ2v) is 12.3. The van der Waals surface area contributed by atoms with Gasteiger partial charge in [-0.1, -0.05) is 29.8 Å². The lowest BCUT2D eigenvalue weighted by Gasteiger charge is -2.32. The Kier molecular flexibility index (Phi) is 4.66. The Morgan fingerprint density at radius 2 is 1.81 bits per heavy atom.